The molecule has 2 nitrogen and oxygen atoms in total. The monoisotopic (exact) mass is 205 g/mol. The molecule has 1 saturated carbocycles. The third kappa shape index (κ3) is 1.74. The average molecular weight is 205 g/mol. The van der Waals surface area contributed by atoms with E-state index in [4.69, 9.17) is 10.5 Å². The summed E-state index contributed by atoms with van der Waals surface area (Å²) >= 11 is 0. The number of hydrogen-bond acceptors (Lipinski definition) is 2. The van der Waals surface area contributed by atoms with E-state index >= 15 is 0 Å². The SMILES string of the molecule is COc1cccc(C2(CN)CC(C)C2)c1. The highest BCUT2D eigenvalue weighted by Gasteiger charge is 2.42. The number of methoxy groups -OCH3 is 1. The van der Waals surface area contributed by atoms with E-state index in [2.05, 4.69) is 25.1 Å². The summed E-state index contributed by atoms with van der Waals surface area (Å²) in [4.78, 5) is 0. The van der Waals surface area contributed by atoms with Crippen molar-refractivity contribution < 1.29 is 4.74 Å². The van der Waals surface area contributed by atoms with Gasteiger partial charge in [0.2, 0.25) is 0 Å². The maximum Gasteiger partial charge on any atom is 0.119 e. The van der Waals surface area contributed by atoms with Crippen molar-refractivity contribution in [2.45, 2.75) is 25.2 Å². The summed E-state index contributed by atoms with van der Waals surface area (Å²) in [6, 6.07) is 8.32. The summed E-state index contributed by atoms with van der Waals surface area (Å²) in [5.74, 6) is 1.74. The molecule has 0 saturated heterocycles. The molecule has 15 heavy (non-hydrogen) atoms. The van der Waals surface area contributed by atoms with E-state index in [1.54, 1.807) is 7.11 Å². The second kappa shape index (κ2) is 3.86. The van der Waals surface area contributed by atoms with Gasteiger partial charge in [0.15, 0.2) is 0 Å². The first-order valence-corrected chi connectivity index (χ1v) is 5.55. The smallest absolute Gasteiger partial charge is 0.119 e. The summed E-state index contributed by atoms with van der Waals surface area (Å²) in [7, 11) is 1.71. The Labute approximate surface area is 91.4 Å². The Hall–Kier alpha value is -1.02. The number of hydrogen-bond donors (Lipinski definition) is 1. The molecule has 2 N–H and O–H groups in total. The van der Waals surface area contributed by atoms with E-state index in [1.165, 1.54) is 18.4 Å². The van der Waals surface area contributed by atoms with Crippen LogP contribution < -0.4 is 10.5 Å². The van der Waals surface area contributed by atoms with Gasteiger partial charge in [0.05, 0.1) is 7.11 Å². The Balaban J connectivity index is 2.27. The van der Waals surface area contributed by atoms with Crippen molar-refractivity contribution >= 4 is 0 Å². The molecule has 1 aromatic carbocycles. The van der Waals surface area contributed by atoms with Crippen molar-refractivity contribution in [3.05, 3.63) is 29.8 Å². The predicted molar refractivity (Wildman–Crippen MR) is 62.1 cm³/mol. The van der Waals surface area contributed by atoms with Crippen LogP contribution in [0, 0.1) is 5.92 Å². The van der Waals surface area contributed by atoms with Crippen LogP contribution in [-0.4, -0.2) is 13.7 Å². The summed E-state index contributed by atoms with van der Waals surface area (Å²) < 4.78 is 5.25. The molecule has 2 heteroatoms. The van der Waals surface area contributed by atoms with E-state index in [-0.39, 0.29) is 5.41 Å². The van der Waals surface area contributed by atoms with E-state index in [0.717, 1.165) is 18.2 Å². The van der Waals surface area contributed by atoms with E-state index in [1.807, 2.05) is 6.07 Å². The van der Waals surface area contributed by atoms with Crippen molar-refractivity contribution in [1.82, 2.24) is 0 Å². The molecule has 1 aliphatic carbocycles. The zero-order chi connectivity index (χ0) is 10.9. The highest BCUT2D eigenvalue weighted by Crippen LogP contribution is 2.47. The van der Waals surface area contributed by atoms with Gasteiger partial charge in [-0.05, 0) is 36.5 Å². The predicted octanol–water partition coefficient (Wildman–Crippen LogP) is 2.32. The molecule has 0 bridgehead atoms. The molecule has 0 spiro atoms. The van der Waals surface area contributed by atoms with Gasteiger partial charge in [-0.2, -0.15) is 0 Å². The number of rotatable bonds is 3. The van der Waals surface area contributed by atoms with Crippen molar-refractivity contribution in [2.24, 2.45) is 11.7 Å². The Morgan fingerprint density at radius 3 is 2.73 bits per heavy atom. The molecular weight excluding hydrogens is 186 g/mol. The standard InChI is InChI=1S/C13H19NO/c1-10-7-13(8-10,9-14)11-4-3-5-12(6-11)15-2/h3-6,10H,7-9,14H2,1-2H3. The molecule has 0 radical (unpaired) electrons. The fourth-order valence-electron chi connectivity index (χ4n) is 2.75. The first kappa shape index (κ1) is 10.5. The molecule has 0 unspecified atom stereocenters. The normalized spacial score (nSPS) is 29.7. The van der Waals surface area contributed by atoms with Crippen LogP contribution in [0.15, 0.2) is 24.3 Å². The van der Waals surface area contributed by atoms with Gasteiger partial charge in [-0.1, -0.05) is 19.1 Å². The Morgan fingerprint density at radius 1 is 1.47 bits per heavy atom. The molecule has 1 aromatic rings. The van der Waals surface area contributed by atoms with Gasteiger partial charge in [-0.3, -0.25) is 0 Å². The van der Waals surface area contributed by atoms with Crippen LogP contribution in [0.3, 0.4) is 0 Å². The maximum absolute atomic E-state index is 5.91. The minimum absolute atomic E-state index is 0.216. The topological polar surface area (TPSA) is 35.2 Å². The van der Waals surface area contributed by atoms with Crippen LogP contribution in [0.25, 0.3) is 0 Å². The summed E-state index contributed by atoms with van der Waals surface area (Å²) in [5, 5.41) is 0. The molecular formula is C13H19NO. The third-order valence-corrected chi connectivity index (χ3v) is 3.55. The molecule has 2 rings (SSSR count). The summed E-state index contributed by atoms with van der Waals surface area (Å²) in [6.45, 7) is 3.03. The van der Waals surface area contributed by atoms with Gasteiger partial charge in [0.1, 0.15) is 5.75 Å². The molecule has 0 amide bonds. The second-order valence-electron chi connectivity index (χ2n) is 4.73. The van der Waals surface area contributed by atoms with Gasteiger partial charge in [-0.25, -0.2) is 0 Å². The fraction of sp³-hybridized carbons (Fsp3) is 0.538. The van der Waals surface area contributed by atoms with Crippen molar-refractivity contribution in [3.63, 3.8) is 0 Å². The molecule has 0 aromatic heterocycles. The lowest BCUT2D eigenvalue weighted by molar-refractivity contribution is 0.164. The number of nitrogens with two attached hydrogens (primary N) is 1. The van der Waals surface area contributed by atoms with Crippen LogP contribution in [0.1, 0.15) is 25.3 Å². The fourth-order valence-corrected chi connectivity index (χ4v) is 2.75. The molecule has 0 aliphatic heterocycles. The van der Waals surface area contributed by atoms with Crippen LogP contribution in [0.5, 0.6) is 5.75 Å². The zero-order valence-corrected chi connectivity index (χ0v) is 9.49. The largest absolute Gasteiger partial charge is 0.497 e. The lowest BCUT2D eigenvalue weighted by Gasteiger charge is -2.46. The van der Waals surface area contributed by atoms with Crippen LogP contribution in [0.4, 0.5) is 0 Å². The minimum Gasteiger partial charge on any atom is -0.497 e. The van der Waals surface area contributed by atoms with Gasteiger partial charge >= 0.3 is 0 Å². The Bertz CT molecular complexity index is 342. The zero-order valence-electron chi connectivity index (χ0n) is 9.49. The third-order valence-electron chi connectivity index (χ3n) is 3.55. The van der Waals surface area contributed by atoms with Gasteiger partial charge in [0.25, 0.3) is 0 Å². The minimum atomic E-state index is 0.216. The van der Waals surface area contributed by atoms with Crippen molar-refractivity contribution in [2.75, 3.05) is 13.7 Å². The van der Waals surface area contributed by atoms with Crippen LogP contribution in [0.2, 0.25) is 0 Å². The Morgan fingerprint density at radius 2 is 2.20 bits per heavy atom. The van der Waals surface area contributed by atoms with Crippen LogP contribution in [-0.2, 0) is 5.41 Å². The second-order valence-corrected chi connectivity index (χ2v) is 4.73. The number of benzene rings is 1. The van der Waals surface area contributed by atoms with E-state index < -0.39 is 0 Å². The molecule has 1 aliphatic rings. The lowest BCUT2D eigenvalue weighted by atomic mass is 9.59. The number of ether oxygens (including phenoxy) is 1. The van der Waals surface area contributed by atoms with E-state index in [0.29, 0.717) is 0 Å². The summed E-state index contributed by atoms with van der Waals surface area (Å²) in [5.41, 5.74) is 7.47. The van der Waals surface area contributed by atoms with Crippen LogP contribution >= 0.6 is 0 Å². The van der Waals surface area contributed by atoms with Gasteiger partial charge < -0.3 is 10.5 Å². The molecule has 82 valence electrons. The van der Waals surface area contributed by atoms with Gasteiger partial charge in [0, 0.05) is 12.0 Å². The Kier molecular flexibility index (Phi) is 2.70. The first-order valence-electron chi connectivity index (χ1n) is 5.55. The highest BCUT2D eigenvalue weighted by molar-refractivity contribution is 5.36. The maximum atomic E-state index is 5.91. The van der Waals surface area contributed by atoms with Crippen molar-refractivity contribution in [3.8, 4) is 5.75 Å². The molecule has 0 atom stereocenters. The lowest BCUT2D eigenvalue weighted by Crippen LogP contribution is -2.46. The molecule has 1 fully saturated rings. The average Bonchev–Trinajstić information content (AvgIpc) is 2.24. The quantitative estimate of drug-likeness (QED) is 0.822. The summed E-state index contributed by atoms with van der Waals surface area (Å²) in [6.07, 6.45) is 2.41. The molecule has 0 heterocycles. The van der Waals surface area contributed by atoms with Gasteiger partial charge in [-0.15, -0.1) is 0 Å². The highest BCUT2D eigenvalue weighted by atomic mass is 16.5. The van der Waals surface area contributed by atoms with E-state index in [9.17, 15) is 0 Å². The first-order chi connectivity index (χ1) is 7.20. The van der Waals surface area contributed by atoms with Crippen molar-refractivity contribution in [1.29, 1.82) is 0 Å².